The fourth-order valence-electron chi connectivity index (χ4n) is 3.98. The molecule has 3 aromatic rings. The van der Waals surface area contributed by atoms with Crippen molar-refractivity contribution in [1.82, 2.24) is 14.5 Å². The van der Waals surface area contributed by atoms with Gasteiger partial charge in [0.1, 0.15) is 11.6 Å². The average molecular weight is 482 g/mol. The second kappa shape index (κ2) is 11.7. The molecule has 3 rings (SSSR count). The molecule has 35 heavy (non-hydrogen) atoms. The Morgan fingerprint density at radius 1 is 1.03 bits per heavy atom. The second-order valence-electron chi connectivity index (χ2n) is 9.61. The van der Waals surface area contributed by atoms with Crippen molar-refractivity contribution in [1.29, 1.82) is 0 Å². The van der Waals surface area contributed by atoms with Gasteiger partial charge in [-0.2, -0.15) is 0 Å². The van der Waals surface area contributed by atoms with Gasteiger partial charge in [-0.25, -0.2) is 4.79 Å². The van der Waals surface area contributed by atoms with Gasteiger partial charge in [-0.05, 0) is 29.5 Å². The molecule has 3 N–H and O–H groups in total. The van der Waals surface area contributed by atoms with Gasteiger partial charge in [0.05, 0.1) is 19.4 Å². The van der Waals surface area contributed by atoms with E-state index in [0.29, 0.717) is 19.6 Å². The fourth-order valence-corrected chi connectivity index (χ4v) is 3.98. The van der Waals surface area contributed by atoms with Crippen molar-refractivity contribution in [3.05, 3.63) is 80.9 Å². The van der Waals surface area contributed by atoms with Crippen LogP contribution in [0.5, 0.6) is 0 Å². The number of H-pyrrole nitrogens is 1. The monoisotopic (exact) mass is 481 g/mol. The SMILES string of the molecule is CC(C)CN(C(=O)CN(Cc1ccccc1)Cc1ccco1)c1c(N)n(CC(C)C)c(=O)[nH]c1=O. The van der Waals surface area contributed by atoms with Gasteiger partial charge < -0.3 is 15.1 Å². The second-order valence-corrected chi connectivity index (χ2v) is 9.61. The summed E-state index contributed by atoms with van der Waals surface area (Å²) in [5, 5.41) is 0. The van der Waals surface area contributed by atoms with Crippen molar-refractivity contribution in [2.75, 3.05) is 23.7 Å². The number of nitrogens with one attached hydrogen (secondary N) is 1. The first-order chi connectivity index (χ1) is 16.7. The number of carbonyl (C=O) groups excluding carboxylic acids is 1. The molecular weight excluding hydrogens is 446 g/mol. The zero-order valence-electron chi connectivity index (χ0n) is 20.9. The molecule has 9 nitrogen and oxygen atoms in total. The van der Waals surface area contributed by atoms with Crippen LogP contribution in [-0.2, 0) is 24.4 Å². The summed E-state index contributed by atoms with van der Waals surface area (Å²) >= 11 is 0. The highest BCUT2D eigenvalue weighted by Gasteiger charge is 2.27. The zero-order chi connectivity index (χ0) is 25.5. The highest BCUT2D eigenvalue weighted by atomic mass is 16.3. The van der Waals surface area contributed by atoms with Crippen LogP contribution in [0.3, 0.4) is 0 Å². The van der Waals surface area contributed by atoms with Gasteiger partial charge in [-0.1, -0.05) is 58.0 Å². The third-order valence-electron chi connectivity index (χ3n) is 5.45. The summed E-state index contributed by atoms with van der Waals surface area (Å²) in [6.45, 7) is 9.39. The summed E-state index contributed by atoms with van der Waals surface area (Å²) in [6.07, 6.45) is 1.60. The minimum absolute atomic E-state index is 0.00194. The Kier molecular flexibility index (Phi) is 8.70. The largest absolute Gasteiger partial charge is 0.468 e. The van der Waals surface area contributed by atoms with Crippen LogP contribution in [0.25, 0.3) is 0 Å². The van der Waals surface area contributed by atoms with E-state index < -0.39 is 11.2 Å². The van der Waals surface area contributed by atoms with E-state index in [-0.39, 0.29) is 42.3 Å². The standard InChI is InChI=1S/C26H35N5O4/c1-18(2)13-30(23-24(27)31(14-19(3)4)26(34)28-25(23)33)22(32)17-29(16-21-11-8-12-35-21)15-20-9-6-5-7-10-20/h5-12,18-19H,13-17,27H2,1-4H3,(H,28,33,34). The van der Waals surface area contributed by atoms with Crippen LogP contribution >= 0.6 is 0 Å². The van der Waals surface area contributed by atoms with Crippen molar-refractivity contribution in [2.45, 2.75) is 47.3 Å². The Bertz CT molecular complexity index is 1210. The Balaban J connectivity index is 1.96. The van der Waals surface area contributed by atoms with E-state index in [0.717, 1.165) is 11.3 Å². The third kappa shape index (κ3) is 6.95. The minimum Gasteiger partial charge on any atom is -0.468 e. The highest BCUT2D eigenvalue weighted by Crippen LogP contribution is 2.20. The normalized spacial score (nSPS) is 11.5. The van der Waals surface area contributed by atoms with Gasteiger partial charge in [-0.3, -0.25) is 24.0 Å². The molecule has 0 bridgehead atoms. The van der Waals surface area contributed by atoms with E-state index in [1.54, 1.807) is 12.3 Å². The molecule has 0 atom stereocenters. The number of carbonyl (C=O) groups is 1. The molecule has 2 heterocycles. The maximum atomic E-state index is 13.7. The lowest BCUT2D eigenvalue weighted by molar-refractivity contribution is -0.120. The predicted octanol–water partition coefficient (Wildman–Crippen LogP) is 3.06. The van der Waals surface area contributed by atoms with Crippen LogP contribution in [0.2, 0.25) is 0 Å². The maximum Gasteiger partial charge on any atom is 0.330 e. The zero-order valence-corrected chi connectivity index (χ0v) is 20.9. The molecule has 9 heteroatoms. The van der Waals surface area contributed by atoms with Crippen LogP contribution in [0.4, 0.5) is 11.5 Å². The first kappa shape index (κ1) is 26.0. The molecule has 1 amide bonds. The number of aromatic nitrogens is 2. The number of benzene rings is 1. The third-order valence-corrected chi connectivity index (χ3v) is 5.45. The molecule has 0 aliphatic carbocycles. The quantitative estimate of drug-likeness (QED) is 0.435. The first-order valence-corrected chi connectivity index (χ1v) is 11.9. The molecule has 0 spiro atoms. The van der Waals surface area contributed by atoms with E-state index in [1.807, 2.05) is 69.0 Å². The molecule has 0 saturated carbocycles. The van der Waals surface area contributed by atoms with Crippen molar-refractivity contribution < 1.29 is 9.21 Å². The number of hydrogen-bond acceptors (Lipinski definition) is 6. The summed E-state index contributed by atoms with van der Waals surface area (Å²) in [7, 11) is 0. The molecule has 0 saturated heterocycles. The molecule has 0 aliphatic rings. The van der Waals surface area contributed by atoms with Crippen molar-refractivity contribution >= 4 is 17.4 Å². The van der Waals surface area contributed by atoms with Crippen molar-refractivity contribution in [3.8, 4) is 0 Å². The molecule has 188 valence electrons. The Morgan fingerprint density at radius 2 is 1.74 bits per heavy atom. The number of nitrogen functional groups attached to an aromatic ring is 1. The summed E-state index contributed by atoms with van der Waals surface area (Å²) in [4.78, 5) is 44.7. The Morgan fingerprint density at radius 3 is 2.34 bits per heavy atom. The molecule has 0 aliphatic heterocycles. The van der Waals surface area contributed by atoms with Gasteiger partial charge in [0.2, 0.25) is 5.91 Å². The lowest BCUT2D eigenvalue weighted by Gasteiger charge is -2.29. The van der Waals surface area contributed by atoms with E-state index in [2.05, 4.69) is 4.98 Å². The highest BCUT2D eigenvalue weighted by molar-refractivity contribution is 5.96. The average Bonchev–Trinajstić information content (AvgIpc) is 3.29. The number of amides is 1. The minimum atomic E-state index is -0.665. The Labute approximate surface area is 205 Å². The van der Waals surface area contributed by atoms with E-state index in [9.17, 15) is 14.4 Å². The number of rotatable bonds is 11. The van der Waals surface area contributed by atoms with Crippen LogP contribution in [0.1, 0.15) is 39.0 Å². The lowest BCUT2D eigenvalue weighted by atomic mass is 10.1. The number of hydrogen-bond donors (Lipinski definition) is 2. The number of furan rings is 1. The van der Waals surface area contributed by atoms with Gasteiger partial charge in [0.15, 0.2) is 5.69 Å². The summed E-state index contributed by atoms with van der Waals surface area (Å²) in [6, 6.07) is 13.5. The van der Waals surface area contributed by atoms with Crippen LogP contribution in [-0.4, -0.2) is 33.4 Å². The molecule has 0 unspecified atom stereocenters. The van der Waals surface area contributed by atoms with Crippen LogP contribution in [0, 0.1) is 11.8 Å². The molecule has 2 aromatic heterocycles. The number of anilines is 2. The smallest absolute Gasteiger partial charge is 0.330 e. The Hall–Kier alpha value is -3.59. The lowest BCUT2D eigenvalue weighted by Crippen LogP contribution is -2.46. The van der Waals surface area contributed by atoms with E-state index in [1.165, 1.54) is 9.47 Å². The predicted molar refractivity (Wildman–Crippen MR) is 137 cm³/mol. The number of nitrogens with two attached hydrogens (primary N) is 1. The maximum absolute atomic E-state index is 13.7. The molecular formula is C26H35N5O4. The molecule has 0 radical (unpaired) electrons. The number of nitrogens with zero attached hydrogens (tertiary/aromatic N) is 3. The van der Waals surface area contributed by atoms with Crippen molar-refractivity contribution in [2.24, 2.45) is 11.8 Å². The van der Waals surface area contributed by atoms with Crippen LogP contribution < -0.4 is 21.9 Å². The summed E-state index contributed by atoms with van der Waals surface area (Å²) in [5.41, 5.74) is 6.15. The van der Waals surface area contributed by atoms with Gasteiger partial charge in [0.25, 0.3) is 5.56 Å². The van der Waals surface area contributed by atoms with Gasteiger partial charge in [0, 0.05) is 19.6 Å². The number of aromatic amines is 1. The fraction of sp³-hybridized carbons (Fsp3) is 0.423. The van der Waals surface area contributed by atoms with E-state index >= 15 is 0 Å². The molecule has 0 fully saturated rings. The molecule has 1 aromatic carbocycles. The van der Waals surface area contributed by atoms with Gasteiger partial charge >= 0.3 is 5.69 Å². The van der Waals surface area contributed by atoms with E-state index in [4.69, 9.17) is 10.2 Å². The topological polar surface area (TPSA) is 118 Å². The van der Waals surface area contributed by atoms with Crippen molar-refractivity contribution in [3.63, 3.8) is 0 Å². The summed E-state index contributed by atoms with van der Waals surface area (Å²) < 4.78 is 6.84. The van der Waals surface area contributed by atoms with Crippen LogP contribution in [0.15, 0.2) is 62.7 Å². The first-order valence-electron chi connectivity index (χ1n) is 11.9. The summed E-state index contributed by atoms with van der Waals surface area (Å²) in [5.74, 6) is 0.635. The van der Waals surface area contributed by atoms with Gasteiger partial charge in [-0.15, -0.1) is 0 Å².